The second kappa shape index (κ2) is 8.68. The van der Waals surface area contributed by atoms with E-state index < -0.39 is 11.6 Å². The predicted molar refractivity (Wildman–Crippen MR) is 110 cm³/mol. The van der Waals surface area contributed by atoms with Gasteiger partial charge in [-0.1, -0.05) is 6.92 Å². The number of rotatable bonds is 6. The number of hydrogen-bond acceptors (Lipinski definition) is 5. The first-order valence-electron chi connectivity index (χ1n) is 9.73. The van der Waals surface area contributed by atoms with Gasteiger partial charge in [-0.15, -0.1) is 0 Å². The molecule has 2 N–H and O–H groups in total. The highest BCUT2D eigenvalue weighted by atomic mass is 16.6. The van der Waals surface area contributed by atoms with Gasteiger partial charge in [-0.05, 0) is 70.2 Å². The molecule has 0 aromatic carbocycles. The van der Waals surface area contributed by atoms with E-state index in [1.165, 1.54) is 7.11 Å². The molecule has 0 saturated heterocycles. The topological polar surface area (TPSA) is 97.5 Å². The maximum Gasteiger partial charge on any atom is 0.355 e. The minimum absolute atomic E-state index is 0.115. The number of esters is 2. The molecule has 0 unspecified atom stereocenters. The minimum atomic E-state index is -0.650. The summed E-state index contributed by atoms with van der Waals surface area (Å²) in [4.78, 5) is 39.6. The summed E-state index contributed by atoms with van der Waals surface area (Å²) in [6, 6.07) is 0. The van der Waals surface area contributed by atoms with Crippen LogP contribution in [0.5, 0.6) is 0 Å². The number of ether oxygens (including phenoxy) is 2. The SMILES string of the molecule is CCC1=C(C)C(=O)N/C1=C\c1[nH]c(C(=O)OC(C)(C)C)c(CCC(=O)OC)c1C. The summed E-state index contributed by atoms with van der Waals surface area (Å²) in [6.45, 7) is 11.1. The van der Waals surface area contributed by atoms with E-state index in [9.17, 15) is 14.4 Å². The molecule has 1 aliphatic heterocycles. The van der Waals surface area contributed by atoms with E-state index in [4.69, 9.17) is 9.47 Å². The fourth-order valence-corrected chi connectivity index (χ4v) is 3.30. The molecule has 0 bridgehead atoms. The Morgan fingerprint density at radius 1 is 1.17 bits per heavy atom. The second-order valence-corrected chi connectivity index (χ2v) is 8.06. The molecular weight excluding hydrogens is 372 g/mol. The van der Waals surface area contributed by atoms with Crippen molar-refractivity contribution in [3.8, 4) is 0 Å². The molecule has 1 aromatic rings. The molecule has 0 saturated carbocycles. The number of carbonyl (C=O) groups excluding carboxylic acids is 3. The molecule has 1 amide bonds. The third-order valence-corrected chi connectivity index (χ3v) is 4.84. The van der Waals surface area contributed by atoms with Crippen LogP contribution < -0.4 is 5.32 Å². The summed E-state index contributed by atoms with van der Waals surface area (Å²) in [5.74, 6) is -0.950. The standard InChI is InChI=1S/C22H30N2O5/c1-8-14-13(3)20(26)24-17(14)11-16-12(2)15(9-10-18(25)28-7)19(23-16)21(27)29-22(4,5)6/h11,23H,8-10H2,1-7H3,(H,24,26)/b17-11-. The van der Waals surface area contributed by atoms with E-state index in [2.05, 4.69) is 10.3 Å². The number of aromatic nitrogens is 1. The van der Waals surface area contributed by atoms with Crippen LogP contribution >= 0.6 is 0 Å². The van der Waals surface area contributed by atoms with Gasteiger partial charge in [0.05, 0.1) is 7.11 Å². The molecular formula is C22H30N2O5. The first-order chi connectivity index (χ1) is 13.5. The summed E-state index contributed by atoms with van der Waals surface area (Å²) in [5.41, 5.74) is 4.26. The lowest BCUT2D eigenvalue weighted by atomic mass is 10.0. The van der Waals surface area contributed by atoms with Gasteiger partial charge in [-0.25, -0.2) is 4.79 Å². The number of aromatic amines is 1. The lowest BCUT2D eigenvalue weighted by Crippen LogP contribution is -2.24. The van der Waals surface area contributed by atoms with Crippen LogP contribution in [-0.4, -0.2) is 35.5 Å². The van der Waals surface area contributed by atoms with Crippen molar-refractivity contribution in [1.29, 1.82) is 0 Å². The Hall–Kier alpha value is -2.83. The van der Waals surface area contributed by atoms with E-state index in [0.717, 1.165) is 16.8 Å². The van der Waals surface area contributed by atoms with Crippen molar-refractivity contribution in [2.75, 3.05) is 7.11 Å². The first-order valence-corrected chi connectivity index (χ1v) is 9.73. The Bertz CT molecular complexity index is 897. The third-order valence-electron chi connectivity index (χ3n) is 4.84. The molecule has 0 atom stereocenters. The molecule has 0 spiro atoms. The van der Waals surface area contributed by atoms with Gasteiger partial charge >= 0.3 is 11.9 Å². The zero-order valence-electron chi connectivity index (χ0n) is 18.2. The molecule has 7 heteroatoms. The van der Waals surface area contributed by atoms with Crippen molar-refractivity contribution in [3.05, 3.63) is 39.4 Å². The Balaban J connectivity index is 2.49. The lowest BCUT2D eigenvalue weighted by Gasteiger charge is -2.19. The van der Waals surface area contributed by atoms with Crippen LogP contribution in [0.3, 0.4) is 0 Å². The van der Waals surface area contributed by atoms with Crippen molar-refractivity contribution < 1.29 is 23.9 Å². The number of nitrogens with one attached hydrogen (secondary N) is 2. The van der Waals surface area contributed by atoms with Crippen LogP contribution in [0.25, 0.3) is 6.08 Å². The number of carbonyl (C=O) groups is 3. The van der Waals surface area contributed by atoms with Crippen LogP contribution in [-0.2, 0) is 25.5 Å². The van der Waals surface area contributed by atoms with E-state index >= 15 is 0 Å². The largest absolute Gasteiger partial charge is 0.469 e. The summed E-state index contributed by atoms with van der Waals surface area (Å²) >= 11 is 0. The quantitative estimate of drug-likeness (QED) is 0.709. The van der Waals surface area contributed by atoms with Gasteiger partial charge in [0, 0.05) is 23.4 Å². The highest BCUT2D eigenvalue weighted by molar-refractivity contribution is 6.01. The fourth-order valence-electron chi connectivity index (χ4n) is 3.30. The normalized spacial score (nSPS) is 15.7. The first kappa shape index (κ1) is 22.5. The highest BCUT2D eigenvalue weighted by Gasteiger charge is 2.27. The molecule has 158 valence electrons. The van der Waals surface area contributed by atoms with Crippen molar-refractivity contribution in [1.82, 2.24) is 10.3 Å². The van der Waals surface area contributed by atoms with Crippen molar-refractivity contribution in [3.63, 3.8) is 0 Å². The van der Waals surface area contributed by atoms with Gasteiger partial charge in [0.25, 0.3) is 5.91 Å². The number of amides is 1. The molecule has 0 radical (unpaired) electrons. The Kier molecular flexibility index (Phi) is 6.72. The molecule has 0 fully saturated rings. The average molecular weight is 402 g/mol. The zero-order chi connectivity index (χ0) is 21.9. The van der Waals surface area contributed by atoms with Gasteiger partial charge < -0.3 is 19.8 Å². The van der Waals surface area contributed by atoms with Crippen LogP contribution in [0.1, 0.15) is 74.8 Å². The van der Waals surface area contributed by atoms with Gasteiger partial charge in [0.1, 0.15) is 11.3 Å². The highest BCUT2D eigenvalue weighted by Crippen LogP contribution is 2.29. The predicted octanol–water partition coefficient (Wildman–Crippen LogP) is 3.58. The minimum Gasteiger partial charge on any atom is -0.469 e. The van der Waals surface area contributed by atoms with Gasteiger partial charge in [0.2, 0.25) is 0 Å². The average Bonchev–Trinajstić information content (AvgIpc) is 3.08. The van der Waals surface area contributed by atoms with Gasteiger partial charge in [-0.3, -0.25) is 9.59 Å². The molecule has 7 nitrogen and oxygen atoms in total. The zero-order valence-corrected chi connectivity index (χ0v) is 18.2. The van der Waals surface area contributed by atoms with Crippen molar-refractivity contribution >= 4 is 23.9 Å². The second-order valence-electron chi connectivity index (χ2n) is 8.06. The maximum absolute atomic E-state index is 12.8. The molecule has 29 heavy (non-hydrogen) atoms. The third kappa shape index (κ3) is 5.16. The van der Waals surface area contributed by atoms with Gasteiger partial charge in [-0.2, -0.15) is 0 Å². The number of hydrogen-bond donors (Lipinski definition) is 2. The fraction of sp³-hybridized carbons (Fsp3) is 0.500. The van der Waals surface area contributed by atoms with E-state index in [-0.39, 0.29) is 18.3 Å². The molecule has 2 rings (SSSR count). The van der Waals surface area contributed by atoms with Crippen LogP contribution in [0.2, 0.25) is 0 Å². The van der Waals surface area contributed by atoms with E-state index in [0.29, 0.717) is 35.4 Å². The van der Waals surface area contributed by atoms with Crippen molar-refractivity contribution in [2.45, 2.75) is 66.4 Å². The smallest absolute Gasteiger partial charge is 0.355 e. The molecule has 2 heterocycles. The Labute approximate surface area is 171 Å². The number of methoxy groups -OCH3 is 1. The summed E-state index contributed by atoms with van der Waals surface area (Å²) < 4.78 is 10.3. The Morgan fingerprint density at radius 2 is 1.83 bits per heavy atom. The van der Waals surface area contributed by atoms with Crippen LogP contribution in [0.4, 0.5) is 0 Å². The number of H-pyrrole nitrogens is 1. The summed E-state index contributed by atoms with van der Waals surface area (Å²) in [5, 5.41) is 2.87. The molecule has 1 aromatic heterocycles. The lowest BCUT2D eigenvalue weighted by molar-refractivity contribution is -0.140. The Morgan fingerprint density at radius 3 is 2.38 bits per heavy atom. The van der Waals surface area contributed by atoms with Crippen LogP contribution in [0.15, 0.2) is 16.8 Å². The maximum atomic E-state index is 12.8. The number of allylic oxidation sites excluding steroid dienone is 1. The molecule has 0 aliphatic carbocycles. The van der Waals surface area contributed by atoms with Crippen LogP contribution in [0, 0.1) is 6.92 Å². The van der Waals surface area contributed by atoms with Crippen molar-refractivity contribution in [2.24, 2.45) is 0 Å². The summed E-state index contributed by atoms with van der Waals surface area (Å²) in [6.07, 6.45) is 3.04. The molecule has 1 aliphatic rings. The monoisotopic (exact) mass is 402 g/mol. The van der Waals surface area contributed by atoms with E-state index in [1.54, 1.807) is 27.7 Å². The van der Waals surface area contributed by atoms with E-state index in [1.807, 2.05) is 19.9 Å². The summed E-state index contributed by atoms with van der Waals surface area (Å²) in [7, 11) is 1.33. The van der Waals surface area contributed by atoms with Gasteiger partial charge in [0.15, 0.2) is 0 Å².